The van der Waals surface area contributed by atoms with E-state index in [0.717, 1.165) is 32.0 Å². The number of piperidine rings is 3. The van der Waals surface area contributed by atoms with Gasteiger partial charge < -0.3 is 4.90 Å². The summed E-state index contributed by atoms with van der Waals surface area (Å²) in [7, 11) is -7.84. The Morgan fingerprint density at radius 2 is 1.42 bits per heavy atom. The van der Waals surface area contributed by atoms with E-state index < -0.39 is 49.2 Å². The zero-order chi connectivity index (χ0) is 30.4. The van der Waals surface area contributed by atoms with Crippen molar-refractivity contribution in [3.05, 3.63) is 64.7 Å². The highest BCUT2D eigenvalue weighted by atomic mass is 35.5. The van der Waals surface area contributed by atoms with Crippen molar-refractivity contribution in [3.63, 3.8) is 0 Å². The summed E-state index contributed by atoms with van der Waals surface area (Å²) in [6.07, 6.45) is 7.89. The molecule has 7 nitrogen and oxygen atoms in total. The van der Waals surface area contributed by atoms with E-state index in [0.29, 0.717) is 56.3 Å². The molecule has 43 heavy (non-hydrogen) atoms. The fraction of sp³-hybridized carbons (Fsp3) is 0.613. The summed E-state index contributed by atoms with van der Waals surface area (Å²) in [5.41, 5.74) is -0.523. The normalized spacial score (nSPS) is 26.4. The van der Waals surface area contributed by atoms with E-state index >= 15 is 0 Å². The van der Waals surface area contributed by atoms with Crippen LogP contribution in [0.5, 0.6) is 0 Å². The largest absolute Gasteiger partial charge is 0.300 e. The first-order chi connectivity index (χ1) is 20.5. The van der Waals surface area contributed by atoms with Crippen LogP contribution in [0.4, 0.5) is 8.78 Å². The smallest absolute Gasteiger partial charge is 0.243 e. The number of benzene rings is 2. The first kappa shape index (κ1) is 31.4. The molecule has 2 aromatic carbocycles. The second-order valence-corrected chi connectivity index (χ2v) is 17.0. The molecule has 2 atom stereocenters. The predicted octanol–water partition coefficient (Wildman–Crippen LogP) is 5.96. The van der Waals surface area contributed by atoms with Gasteiger partial charge in [0.1, 0.15) is 11.6 Å². The molecule has 3 aliphatic heterocycles. The molecule has 6 rings (SSSR count). The lowest BCUT2D eigenvalue weighted by molar-refractivity contribution is 0.115. The fourth-order valence-electron chi connectivity index (χ4n) is 7.65. The van der Waals surface area contributed by atoms with Crippen molar-refractivity contribution in [2.45, 2.75) is 87.2 Å². The van der Waals surface area contributed by atoms with Crippen LogP contribution in [0.15, 0.2) is 47.4 Å². The molecule has 0 radical (unpaired) electrons. The Labute approximate surface area is 259 Å². The molecule has 2 aromatic rings. The summed E-state index contributed by atoms with van der Waals surface area (Å²) in [6.45, 7) is 3.11. The molecule has 12 heteroatoms. The minimum Gasteiger partial charge on any atom is -0.300 e. The van der Waals surface area contributed by atoms with Gasteiger partial charge in [0, 0.05) is 41.7 Å². The van der Waals surface area contributed by atoms with Crippen LogP contribution in [0.25, 0.3) is 0 Å². The Morgan fingerprint density at radius 3 is 2.02 bits per heavy atom. The average Bonchev–Trinajstić information content (AvgIpc) is 3.77. The van der Waals surface area contributed by atoms with E-state index in [1.807, 2.05) is 0 Å². The maximum absolute atomic E-state index is 14.4. The lowest BCUT2D eigenvalue weighted by atomic mass is 9.86. The summed E-state index contributed by atoms with van der Waals surface area (Å²) in [4.78, 5) is 2.52. The third-order valence-corrected chi connectivity index (χ3v) is 14.3. The third-order valence-electron chi connectivity index (χ3n) is 10.0. The van der Waals surface area contributed by atoms with Crippen LogP contribution < -0.4 is 0 Å². The van der Waals surface area contributed by atoms with Crippen molar-refractivity contribution in [3.8, 4) is 0 Å². The average molecular weight is 656 g/mol. The topological polar surface area (TPSA) is 78.0 Å². The lowest BCUT2D eigenvalue weighted by Crippen LogP contribution is -2.53. The first-order valence-electron chi connectivity index (χ1n) is 15.5. The highest BCUT2D eigenvalue weighted by Crippen LogP contribution is 2.57. The number of hydrogen-bond acceptors (Lipinski definition) is 5. The van der Waals surface area contributed by atoms with Gasteiger partial charge >= 0.3 is 0 Å². The molecule has 4 aliphatic rings. The Hall–Kier alpha value is -1.63. The highest BCUT2D eigenvalue weighted by molar-refractivity contribution is 7.89. The minimum absolute atomic E-state index is 0.0177. The number of hydrogen-bond donors (Lipinski definition) is 0. The molecule has 3 heterocycles. The molecule has 3 saturated heterocycles. The van der Waals surface area contributed by atoms with Crippen molar-refractivity contribution < 1.29 is 25.6 Å². The van der Waals surface area contributed by atoms with Crippen molar-refractivity contribution in [1.29, 1.82) is 0 Å². The zero-order valence-corrected chi connectivity index (χ0v) is 26.7. The SMILES string of the molecule is O=S(=O)(CC1([C@H]2CCC[C@@H](c3cc(F)cc(F)c3)N2S(=O)(=O)c2ccc(Cl)cc2)CC1)N1CCC(N2CCCCC2)CC1. The highest BCUT2D eigenvalue weighted by Gasteiger charge is 2.59. The van der Waals surface area contributed by atoms with Gasteiger partial charge in [-0.15, -0.1) is 0 Å². The summed E-state index contributed by atoms with van der Waals surface area (Å²) in [5.74, 6) is -1.69. The van der Waals surface area contributed by atoms with Crippen LogP contribution in [0.2, 0.25) is 5.02 Å². The maximum Gasteiger partial charge on any atom is 0.243 e. The van der Waals surface area contributed by atoms with E-state index in [2.05, 4.69) is 4.90 Å². The molecule has 1 saturated carbocycles. The van der Waals surface area contributed by atoms with Gasteiger partial charge in [0.2, 0.25) is 20.0 Å². The van der Waals surface area contributed by atoms with Crippen molar-refractivity contribution >= 4 is 31.6 Å². The minimum atomic E-state index is -4.18. The summed E-state index contributed by atoms with van der Waals surface area (Å²) in [5, 5.41) is 0.381. The molecule has 0 spiro atoms. The summed E-state index contributed by atoms with van der Waals surface area (Å²) >= 11 is 6.05. The quantitative estimate of drug-likeness (QED) is 0.351. The Kier molecular flexibility index (Phi) is 8.96. The summed E-state index contributed by atoms with van der Waals surface area (Å²) in [6, 6.07) is 7.93. The zero-order valence-electron chi connectivity index (χ0n) is 24.3. The second-order valence-electron chi connectivity index (χ2n) is 12.8. The van der Waals surface area contributed by atoms with E-state index in [-0.39, 0.29) is 16.2 Å². The van der Waals surface area contributed by atoms with Crippen LogP contribution in [0.3, 0.4) is 0 Å². The molecule has 0 aromatic heterocycles. The second kappa shape index (κ2) is 12.3. The van der Waals surface area contributed by atoms with Crippen molar-refractivity contribution in [1.82, 2.24) is 13.5 Å². The van der Waals surface area contributed by atoms with Gasteiger partial charge in [-0.2, -0.15) is 4.31 Å². The Morgan fingerprint density at radius 1 is 0.791 bits per heavy atom. The fourth-order valence-corrected chi connectivity index (χ4v) is 11.9. The lowest BCUT2D eigenvalue weighted by Gasteiger charge is -2.45. The molecule has 4 fully saturated rings. The van der Waals surface area contributed by atoms with Gasteiger partial charge in [-0.25, -0.2) is 29.9 Å². The first-order valence-corrected chi connectivity index (χ1v) is 18.9. The number of rotatable bonds is 8. The Bertz CT molecular complexity index is 1500. The van der Waals surface area contributed by atoms with E-state index in [9.17, 15) is 25.6 Å². The van der Waals surface area contributed by atoms with Crippen LogP contribution in [0.1, 0.15) is 75.8 Å². The van der Waals surface area contributed by atoms with Crippen LogP contribution in [-0.4, -0.2) is 74.4 Å². The van der Waals surface area contributed by atoms with E-state index in [4.69, 9.17) is 11.6 Å². The standard InChI is InChI=1S/C31H40ClF2N3O4S2/c32-24-7-9-28(10-8-24)43(40,41)37-29(23-19-25(33)21-26(34)20-23)5-4-6-30(37)31(13-14-31)22-42(38,39)36-17-11-27(12-18-36)35-15-2-1-3-16-35/h7-10,19-21,27,29-30H,1-6,11-18,22H2/t29-,30+/m0/s1. The number of likely N-dealkylation sites (tertiary alicyclic amines) is 1. The Balaban J connectivity index is 1.28. The summed E-state index contributed by atoms with van der Waals surface area (Å²) < 4.78 is 88.2. The molecule has 1 aliphatic carbocycles. The maximum atomic E-state index is 14.4. The van der Waals surface area contributed by atoms with Crippen LogP contribution >= 0.6 is 11.6 Å². The molecule has 0 N–H and O–H groups in total. The van der Waals surface area contributed by atoms with Crippen molar-refractivity contribution in [2.75, 3.05) is 31.9 Å². The van der Waals surface area contributed by atoms with Gasteiger partial charge in [0.15, 0.2) is 0 Å². The molecule has 0 amide bonds. The monoisotopic (exact) mass is 655 g/mol. The van der Waals surface area contributed by atoms with Gasteiger partial charge in [-0.05, 0) is 113 Å². The van der Waals surface area contributed by atoms with E-state index in [1.165, 1.54) is 60.0 Å². The van der Waals surface area contributed by atoms with Crippen molar-refractivity contribution in [2.24, 2.45) is 5.41 Å². The number of halogens is 3. The third kappa shape index (κ3) is 6.53. The van der Waals surface area contributed by atoms with Crippen LogP contribution in [0, 0.1) is 17.0 Å². The molecular formula is C31H40ClF2N3O4S2. The molecule has 0 bridgehead atoms. The van der Waals surface area contributed by atoms with Gasteiger partial charge in [-0.1, -0.05) is 18.0 Å². The molecule has 0 unspecified atom stereocenters. The van der Waals surface area contributed by atoms with Gasteiger partial charge in [0.25, 0.3) is 0 Å². The van der Waals surface area contributed by atoms with Gasteiger partial charge in [-0.3, -0.25) is 0 Å². The number of sulfonamides is 2. The molecule has 236 valence electrons. The van der Waals surface area contributed by atoms with Gasteiger partial charge in [0.05, 0.1) is 16.7 Å². The van der Waals surface area contributed by atoms with Crippen LogP contribution in [-0.2, 0) is 20.0 Å². The van der Waals surface area contributed by atoms with E-state index in [1.54, 1.807) is 4.31 Å². The molecular weight excluding hydrogens is 616 g/mol. The predicted molar refractivity (Wildman–Crippen MR) is 163 cm³/mol. The number of nitrogens with zero attached hydrogens (tertiary/aromatic N) is 3.